The molecule has 7 nitrogen and oxygen atoms in total. The fourth-order valence-corrected chi connectivity index (χ4v) is 5.00. The van der Waals surface area contributed by atoms with Gasteiger partial charge in [0.2, 0.25) is 11.8 Å². The zero-order valence-corrected chi connectivity index (χ0v) is 20.7. The summed E-state index contributed by atoms with van der Waals surface area (Å²) in [6.07, 6.45) is 11.9. The number of nitrogens with zero attached hydrogens (tertiary/aromatic N) is 1. The lowest BCUT2D eigenvalue weighted by molar-refractivity contribution is -0.145. The maximum Gasteiger partial charge on any atom is 0.306 e. The number of benzene rings is 1. The van der Waals surface area contributed by atoms with E-state index in [0.29, 0.717) is 31.7 Å². The van der Waals surface area contributed by atoms with E-state index in [0.717, 1.165) is 24.8 Å². The second kappa shape index (κ2) is 14.7. The van der Waals surface area contributed by atoms with E-state index in [4.69, 9.17) is 4.74 Å². The molecule has 2 aliphatic rings. The molecule has 2 atom stereocenters. The lowest BCUT2D eigenvalue weighted by Gasteiger charge is -2.29. The van der Waals surface area contributed by atoms with Crippen molar-refractivity contribution >= 4 is 17.8 Å². The molecule has 1 fully saturated rings. The minimum atomic E-state index is -0.514. The van der Waals surface area contributed by atoms with Crippen LogP contribution in [-0.4, -0.2) is 53.6 Å². The first kappa shape index (κ1) is 26.9. The molecule has 1 aliphatic carbocycles. The number of aliphatic hydroxyl groups excluding tert-OH is 1. The number of rotatable bonds is 8. The van der Waals surface area contributed by atoms with E-state index >= 15 is 0 Å². The Hall–Kier alpha value is -2.67. The Kier molecular flexibility index (Phi) is 11.3. The first-order chi connectivity index (χ1) is 17.0. The molecule has 2 amide bonds. The van der Waals surface area contributed by atoms with E-state index in [2.05, 4.69) is 5.32 Å². The summed E-state index contributed by atoms with van der Waals surface area (Å²) in [7, 11) is 0. The summed E-state index contributed by atoms with van der Waals surface area (Å²) in [5, 5.41) is 12.6. The molecule has 0 bridgehead atoms. The number of carbonyl (C=O) groups is 3. The maximum atomic E-state index is 13.3. The van der Waals surface area contributed by atoms with E-state index in [1.165, 1.54) is 19.3 Å². The molecule has 0 radical (unpaired) electrons. The zero-order valence-electron chi connectivity index (χ0n) is 20.7. The van der Waals surface area contributed by atoms with Gasteiger partial charge in [0.1, 0.15) is 6.61 Å². The molecular formula is C28H40N2O5. The summed E-state index contributed by atoms with van der Waals surface area (Å²) < 4.78 is 5.48. The van der Waals surface area contributed by atoms with Crippen LogP contribution in [0.2, 0.25) is 0 Å². The number of aliphatic hydroxyl groups is 1. The number of amides is 2. The van der Waals surface area contributed by atoms with Crippen molar-refractivity contribution < 1.29 is 24.2 Å². The predicted molar refractivity (Wildman–Crippen MR) is 134 cm³/mol. The Morgan fingerprint density at radius 3 is 2.60 bits per heavy atom. The third-order valence-corrected chi connectivity index (χ3v) is 6.97. The number of allylic oxidation sites excluding steroid dienone is 2. The summed E-state index contributed by atoms with van der Waals surface area (Å²) in [6, 6.07) is 9.40. The van der Waals surface area contributed by atoms with Crippen LogP contribution in [0.25, 0.3) is 0 Å². The molecule has 1 heterocycles. The van der Waals surface area contributed by atoms with Crippen LogP contribution in [0.1, 0.15) is 69.8 Å². The van der Waals surface area contributed by atoms with Crippen molar-refractivity contribution in [1.29, 1.82) is 0 Å². The van der Waals surface area contributed by atoms with Crippen molar-refractivity contribution in [1.82, 2.24) is 10.2 Å². The smallest absolute Gasteiger partial charge is 0.306 e. The minimum absolute atomic E-state index is 0.0684. The van der Waals surface area contributed by atoms with Crippen LogP contribution in [0.15, 0.2) is 42.5 Å². The van der Waals surface area contributed by atoms with Crippen LogP contribution in [0.3, 0.4) is 0 Å². The van der Waals surface area contributed by atoms with E-state index < -0.39 is 5.92 Å². The van der Waals surface area contributed by atoms with Crippen molar-refractivity contribution in [2.24, 2.45) is 11.8 Å². The van der Waals surface area contributed by atoms with Gasteiger partial charge in [0.25, 0.3) is 0 Å². The van der Waals surface area contributed by atoms with Crippen molar-refractivity contribution in [3.05, 3.63) is 48.0 Å². The van der Waals surface area contributed by atoms with Gasteiger partial charge in [0, 0.05) is 25.9 Å². The standard InChI is InChI=1S/C28H40N2O5/c31-17-16-30(20-23-12-6-2-7-13-23)26(32)19-24-14-8-3-9-15-27(33)35-21-25(29-28(24)34)18-22-10-4-1-5-11-22/h2-3,6-8,12-13,22,24-25,31H,1,4-5,9-11,14-21H2,(H,29,34)/t24-,25+/m1/s1. The largest absolute Gasteiger partial charge is 0.463 e. The SMILES string of the molecule is O=C1CCC=CC[C@H](CC(=O)N(CCO)Cc2ccccc2)C(=O)N[C@@H](CC2CCCCC2)CO1. The highest BCUT2D eigenvalue weighted by Crippen LogP contribution is 2.28. The predicted octanol–water partition coefficient (Wildman–Crippen LogP) is 3.75. The van der Waals surface area contributed by atoms with Gasteiger partial charge >= 0.3 is 5.97 Å². The van der Waals surface area contributed by atoms with Crippen molar-refractivity contribution in [3.63, 3.8) is 0 Å². The number of hydrogen-bond acceptors (Lipinski definition) is 5. The number of hydrogen-bond donors (Lipinski definition) is 2. The highest BCUT2D eigenvalue weighted by atomic mass is 16.5. The van der Waals surface area contributed by atoms with Crippen molar-refractivity contribution in [2.75, 3.05) is 19.8 Å². The Morgan fingerprint density at radius 1 is 1.09 bits per heavy atom. The second-order valence-corrected chi connectivity index (χ2v) is 9.80. The van der Waals surface area contributed by atoms with Gasteiger partial charge < -0.3 is 20.1 Å². The summed E-state index contributed by atoms with van der Waals surface area (Å²) >= 11 is 0. The molecule has 1 aromatic rings. The second-order valence-electron chi connectivity index (χ2n) is 9.80. The number of carbonyl (C=O) groups excluding carboxylic acids is 3. The third-order valence-electron chi connectivity index (χ3n) is 6.97. The Labute approximate surface area is 208 Å². The van der Waals surface area contributed by atoms with Crippen LogP contribution in [0.5, 0.6) is 0 Å². The molecule has 7 heteroatoms. The quantitative estimate of drug-likeness (QED) is 0.433. The summed E-state index contributed by atoms with van der Waals surface area (Å²) in [4.78, 5) is 40.2. The monoisotopic (exact) mass is 484 g/mol. The average Bonchev–Trinajstić information content (AvgIpc) is 2.86. The van der Waals surface area contributed by atoms with Crippen molar-refractivity contribution in [3.8, 4) is 0 Å². The van der Waals surface area contributed by atoms with E-state index in [1.54, 1.807) is 4.90 Å². The van der Waals surface area contributed by atoms with Gasteiger partial charge in [0.15, 0.2) is 0 Å². The molecule has 1 aliphatic heterocycles. The third kappa shape index (κ3) is 9.48. The van der Waals surface area contributed by atoms with Gasteiger partial charge in [0.05, 0.1) is 18.6 Å². The van der Waals surface area contributed by atoms with Gasteiger partial charge in [-0.25, -0.2) is 0 Å². The van der Waals surface area contributed by atoms with Crippen LogP contribution in [0.4, 0.5) is 0 Å². The van der Waals surface area contributed by atoms with E-state index in [-0.39, 0.29) is 50.0 Å². The zero-order chi connectivity index (χ0) is 24.9. The van der Waals surface area contributed by atoms with Crippen molar-refractivity contribution in [2.45, 2.75) is 76.8 Å². The molecule has 0 spiro atoms. The minimum Gasteiger partial charge on any atom is -0.463 e. The van der Waals surface area contributed by atoms with Crippen LogP contribution in [-0.2, 0) is 25.7 Å². The van der Waals surface area contributed by atoms with Gasteiger partial charge in [-0.2, -0.15) is 0 Å². The first-order valence-electron chi connectivity index (χ1n) is 13.1. The molecule has 3 rings (SSSR count). The van der Waals surface area contributed by atoms with Gasteiger partial charge in [-0.15, -0.1) is 0 Å². The average molecular weight is 485 g/mol. The Bertz CT molecular complexity index is 835. The van der Waals surface area contributed by atoms with Crippen LogP contribution < -0.4 is 5.32 Å². The highest BCUT2D eigenvalue weighted by molar-refractivity contribution is 5.86. The van der Waals surface area contributed by atoms with E-state index in [9.17, 15) is 19.5 Å². The molecule has 192 valence electrons. The summed E-state index contributed by atoms with van der Waals surface area (Å²) in [5.41, 5.74) is 0.978. The normalized spacial score (nSPS) is 22.4. The maximum absolute atomic E-state index is 13.3. The lowest BCUT2D eigenvalue weighted by Crippen LogP contribution is -2.44. The Morgan fingerprint density at radius 2 is 1.86 bits per heavy atom. The number of cyclic esters (lactones) is 1. The molecule has 0 aromatic heterocycles. The molecule has 0 unspecified atom stereocenters. The summed E-state index contributed by atoms with van der Waals surface area (Å²) in [5.74, 6) is -0.570. The van der Waals surface area contributed by atoms with Gasteiger partial charge in [-0.3, -0.25) is 14.4 Å². The molecule has 2 N–H and O–H groups in total. The number of esters is 1. The molecule has 1 aromatic carbocycles. The fourth-order valence-electron chi connectivity index (χ4n) is 5.00. The number of nitrogens with one attached hydrogen (secondary N) is 1. The Balaban J connectivity index is 1.69. The molecule has 0 saturated heterocycles. The summed E-state index contributed by atoms with van der Waals surface area (Å²) in [6.45, 7) is 0.656. The van der Waals surface area contributed by atoms with Crippen LogP contribution >= 0.6 is 0 Å². The first-order valence-corrected chi connectivity index (χ1v) is 13.1. The highest BCUT2D eigenvalue weighted by Gasteiger charge is 2.28. The van der Waals surface area contributed by atoms with Crippen LogP contribution in [0, 0.1) is 11.8 Å². The number of ether oxygens (including phenoxy) is 1. The topological polar surface area (TPSA) is 95.9 Å². The molecular weight excluding hydrogens is 444 g/mol. The van der Waals surface area contributed by atoms with Gasteiger partial charge in [-0.05, 0) is 30.7 Å². The molecule has 35 heavy (non-hydrogen) atoms. The van der Waals surface area contributed by atoms with E-state index in [1.807, 2.05) is 42.5 Å². The fraction of sp³-hybridized carbons (Fsp3) is 0.607. The lowest BCUT2D eigenvalue weighted by atomic mass is 9.84. The molecule has 1 saturated carbocycles. The van der Waals surface area contributed by atoms with Gasteiger partial charge in [-0.1, -0.05) is 74.6 Å².